The van der Waals surface area contributed by atoms with Crippen LogP contribution in [0.25, 0.3) is 11.0 Å². The Balaban J connectivity index is 2.09. The quantitative estimate of drug-likeness (QED) is 0.830. The second kappa shape index (κ2) is 6.72. The van der Waals surface area contributed by atoms with Gasteiger partial charge in [0.1, 0.15) is 5.82 Å². The smallest absolute Gasteiger partial charge is 0.178 e. The number of benzene rings is 1. The number of fused-ring (bicyclic) bond motifs is 1. The largest absolute Gasteiger partial charge is 0.376 e. The van der Waals surface area contributed by atoms with Gasteiger partial charge in [-0.05, 0) is 37.5 Å². The van der Waals surface area contributed by atoms with Gasteiger partial charge in [-0.2, -0.15) is 0 Å². The highest BCUT2D eigenvalue weighted by molar-refractivity contribution is 7.91. The molecule has 5 nitrogen and oxygen atoms in total. The van der Waals surface area contributed by atoms with E-state index < -0.39 is 9.84 Å². The van der Waals surface area contributed by atoms with Crippen LogP contribution in [0.15, 0.2) is 23.1 Å². The summed E-state index contributed by atoms with van der Waals surface area (Å²) in [5, 5.41) is 0. The summed E-state index contributed by atoms with van der Waals surface area (Å²) in [4.78, 5) is 5.15. The van der Waals surface area contributed by atoms with Crippen LogP contribution in [-0.2, 0) is 26.5 Å². The van der Waals surface area contributed by atoms with Gasteiger partial charge >= 0.3 is 0 Å². The molecule has 3 rings (SSSR count). The van der Waals surface area contributed by atoms with Gasteiger partial charge in [0.05, 0.1) is 34.3 Å². The highest BCUT2D eigenvalue weighted by Crippen LogP contribution is 2.29. The number of imidazole rings is 1. The predicted molar refractivity (Wildman–Crippen MR) is 99.8 cm³/mol. The topological polar surface area (TPSA) is 61.2 Å². The van der Waals surface area contributed by atoms with Crippen molar-refractivity contribution in [1.29, 1.82) is 0 Å². The van der Waals surface area contributed by atoms with E-state index in [4.69, 9.17) is 9.72 Å². The Labute approximate surface area is 150 Å². The molecule has 1 atom stereocenters. The Morgan fingerprint density at radius 3 is 2.64 bits per heavy atom. The van der Waals surface area contributed by atoms with Crippen LogP contribution in [0.1, 0.15) is 52.8 Å². The number of sulfone groups is 1. The fourth-order valence-corrected chi connectivity index (χ4v) is 4.28. The predicted octanol–water partition coefficient (Wildman–Crippen LogP) is 3.70. The average Bonchev–Trinajstić information content (AvgIpc) is 2.94. The van der Waals surface area contributed by atoms with E-state index in [0.717, 1.165) is 42.9 Å². The number of hydrogen-bond donors (Lipinski definition) is 0. The molecule has 0 N–H and O–H groups in total. The second-order valence-electron chi connectivity index (χ2n) is 7.84. The number of hydrogen-bond acceptors (Lipinski definition) is 4. The van der Waals surface area contributed by atoms with Crippen molar-refractivity contribution in [3.8, 4) is 0 Å². The first-order valence-electron chi connectivity index (χ1n) is 9.07. The lowest BCUT2D eigenvalue weighted by Crippen LogP contribution is -2.28. The Morgan fingerprint density at radius 2 is 2.04 bits per heavy atom. The van der Waals surface area contributed by atoms with Gasteiger partial charge in [-0.1, -0.05) is 27.7 Å². The van der Waals surface area contributed by atoms with Crippen LogP contribution in [0.5, 0.6) is 0 Å². The molecule has 1 aliphatic heterocycles. The summed E-state index contributed by atoms with van der Waals surface area (Å²) in [7, 11) is -3.23. The third kappa shape index (κ3) is 3.75. The molecular weight excluding hydrogens is 336 g/mol. The summed E-state index contributed by atoms with van der Waals surface area (Å²) in [6.07, 6.45) is 3.59. The summed E-state index contributed by atoms with van der Waals surface area (Å²) < 4.78 is 32.5. The average molecular weight is 365 g/mol. The number of aromatic nitrogens is 2. The maximum atomic E-state index is 12.2. The van der Waals surface area contributed by atoms with Gasteiger partial charge in [0, 0.05) is 12.0 Å². The van der Waals surface area contributed by atoms with Crippen molar-refractivity contribution in [2.24, 2.45) is 0 Å². The van der Waals surface area contributed by atoms with E-state index in [1.54, 1.807) is 19.1 Å². The Kier molecular flexibility index (Phi) is 4.95. The number of nitrogens with zero attached hydrogens (tertiary/aromatic N) is 2. The van der Waals surface area contributed by atoms with Crippen molar-refractivity contribution in [3.05, 3.63) is 24.0 Å². The molecular formula is C19H28N2O3S. The molecule has 0 radical (unpaired) electrons. The van der Waals surface area contributed by atoms with Gasteiger partial charge in [0.2, 0.25) is 0 Å². The summed E-state index contributed by atoms with van der Waals surface area (Å²) in [5.41, 5.74) is 1.60. The molecule has 1 aliphatic rings. The Hall–Kier alpha value is -1.40. The summed E-state index contributed by atoms with van der Waals surface area (Å²) in [5.74, 6) is 1.07. The van der Waals surface area contributed by atoms with Crippen molar-refractivity contribution >= 4 is 20.9 Å². The maximum Gasteiger partial charge on any atom is 0.178 e. The van der Waals surface area contributed by atoms with Crippen LogP contribution >= 0.6 is 0 Å². The van der Waals surface area contributed by atoms with Crippen LogP contribution in [0.4, 0.5) is 0 Å². The molecule has 0 amide bonds. The first-order chi connectivity index (χ1) is 11.7. The van der Waals surface area contributed by atoms with Gasteiger partial charge in [-0.15, -0.1) is 0 Å². The fourth-order valence-electron chi connectivity index (χ4n) is 3.38. The number of rotatable bonds is 4. The molecule has 1 aromatic heterocycles. The Bertz CT molecular complexity index is 857. The van der Waals surface area contributed by atoms with Crippen LogP contribution in [0, 0.1) is 0 Å². The third-order valence-electron chi connectivity index (χ3n) is 4.79. The van der Waals surface area contributed by atoms with Gasteiger partial charge in [-0.3, -0.25) is 0 Å². The maximum absolute atomic E-state index is 12.2. The van der Waals surface area contributed by atoms with Crippen molar-refractivity contribution < 1.29 is 13.2 Å². The number of ether oxygens (including phenoxy) is 1. The van der Waals surface area contributed by atoms with Crippen molar-refractivity contribution in [3.63, 3.8) is 0 Å². The molecule has 6 heteroatoms. The van der Waals surface area contributed by atoms with E-state index >= 15 is 0 Å². The molecule has 0 spiro atoms. The zero-order valence-electron chi connectivity index (χ0n) is 15.6. The molecule has 2 aromatic rings. The summed E-state index contributed by atoms with van der Waals surface area (Å²) >= 11 is 0. The first kappa shape index (κ1) is 18.4. The normalized spacial score (nSPS) is 19.4. The summed E-state index contributed by atoms with van der Waals surface area (Å²) in [6, 6.07) is 5.30. The van der Waals surface area contributed by atoms with Crippen molar-refractivity contribution in [1.82, 2.24) is 9.55 Å². The third-order valence-corrected chi connectivity index (χ3v) is 6.52. The SMILES string of the molecule is CCS(=O)(=O)c1ccc2c(c1)nc(C(C)(C)C)n2CC1CCCCO1. The van der Waals surface area contributed by atoms with Crippen molar-refractivity contribution in [2.45, 2.75) is 69.9 Å². The molecule has 2 heterocycles. The highest BCUT2D eigenvalue weighted by Gasteiger charge is 2.26. The highest BCUT2D eigenvalue weighted by atomic mass is 32.2. The van der Waals surface area contributed by atoms with Crippen molar-refractivity contribution in [2.75, 3.05) is 12.4 Å². The van der Waals surface area contributed by atoms with E-state index in [1.807, 2.05) is 6.07 Å². The Morgan fingerprint density at radius 1 is 1.28 bits per heavy atom. The standard InChI is InChI=1S/C19H28N2O3S/c1-5-25(22,23)15-9-10-17-16(12-15)20-18(19(2,3)4)21(17)13-14-8-6-7-11-24-14/h9-10,12,14H,5-8,11,13H2,1-4H3. The van der Waals surface area contributed by atoms with E-state index in [0.29, 0.717) is 4.90 Å². The van der Waals surface area contributed by atoms with E-state index in [2.05, 4.69) is 25.3 Å². The lowest BCUT2D eigenvalue weighted by atomic mass is 9.95. The van der Waals surface area contributed by atoms with Crippen LogP contribution < -0.4 is 0 Å². The molecule has 0 aliphatic carbocycles. The van der Waals surface area contributed by atoms with E-state index in [1.165, 1.54) is 6.42 Å². The molecule has 25 heavy (non-hydrogen) atoms. The lowest BCUT2D eigenvalue weighted by Gasteiger charge is -2.26. The molecule has 138 valence electrons. The zero-order chi connectivity index (χ0) is 18.2. The van der Waals surface area contributed by atoms with Gasteiger partial charge in [-0.25, -0.2) is 13.4 Å². The molecule has 0 saturated carbocycles. The molecule has 0 bridgehead atoms. The van der Waals surface area contributed by atoms with Gasteiger partial charge in [0.15, 0.2) is 9.84 Å². The van der Waals surface area contributed by atoms with Crippen LogP contribution in [0.3, 0.4) is 0 Å². The van der Waals surface area contributed by atoms with E-state index in [-0.39, 0.29) is 17.3 Å². The minimum Gasteiger partial charge on any atom is -0.376 e. The zero-order valence-corrected chi connectivity index (χ0v) is 16.4. The first-order valence-corrected chi connectivity index (χ1v) is 10.7. The molecule has 1 unspecified atom stereocenters. The van der Waals surface area contributed by atoms with Gasteiger partial charge < -0.3 is 9.30 Å². The molecule has 1 saturated heterocycles. The minimum absolute atomic E-state index is 0.0985. The van der Waals surface area contributed by atoms with Crippen LogP contribution in [0.2, 0.25) is 0 Å². The monoisotopic (exact) mass is 364 g/mol. The van der Waals surface area contributed by atoms with E-state index in [9.17, 15) is 8.42 Å². The fraction of sp³-hybridized carbons (Fsp3) is 0.632. The second-order valence-corrected chi connectivity index (χ2v) is 10.1. The summed E-state index contributed by atoms with van der Waals surface area (Å²) in [6.45, 7) is 9.66. The van der Waals surface area contributed by atoms with Gasteiger partial charge in [0.25, 0.3) is 0 Å². The molecule has 1 fully saturated rings. The van der Waals surface area contributed by atoms with Crippen LogP contribution in [-0.4, -0.2) is 36.4 Å². The minimum atomic E-state index is -3.23. The lowest BCUT2D eigenvalue weighted by molar-refractivity contribution is 0.00583. The molecule has 1 aromatic carbocycles.